The lowest BCUT2D eigenvalue weighted by Crippen LogP contribution is -2.15. The normalized spacial score (nSPS) is 12.2. The second kappa shape index (κ2) is 6.17. The van der Waals surface area contributed by atoms with Crippen LogP contribution in [0.2, 0.25) is 0 Å². The number of aryl methyl sites for hydroxylation is 2. The molecule has 1 heterocycles. The van der Waals surface area contributed by atoms with Gasteiger partial charge in [0.1, 0.15) is 5.69 Å². The SMILES string of the molecule is Cc1nn(C)c(NCC(C)CCC(=O)O)c1[N+](=O)[O-]. The maximum atomic E-state index is 11.0. The molecule has 0 bridgehead atoms. The first-order valence-electron chi connectivity index (χ1n) is 5.96. The molecule has 0 aliphatic rings. The highest BCUT2D eigenvalue weighted by Crippen LogP contribution is 2.27. The summed E-state index contributed by atoms with van der Waals surface area (Å²) < 4.78 is 1.43. The molecule has 2 N–H and O–H groups in total. The van der Waals surface area contributed by atoms with Gasteiger partial charge in [-0.15, -0.1) is 0 Å². The highest BCUT2D eigenvalue weighted by atomic mass is 16.6. The molecule has 0 amide bonds. The van der Waals surface area contributed by atoms with Gasteiger partial charge < -0.3 is 10.4 Å². The van der Waals surface area contributed by atoms with Crippen molar-refractivity contribution in [1.82, 2.24) is 9.78 Å². The third-order valence-corrected chi connectivity index (χ3v) is 2.84. The number of aromatic nitrogens is 2. The summed E-state index contributed by atoms with van der Waals surface area (Å²) in [7, 11) is 1.63. The largest absolute Gasteiger partial charge is 0.481 e. The fourth-order valence-corrected chi connectivity index (χ4v) is 1.81. The molecule has 1 rings (SSSR count). The van der Waals surface area contributed by atoms with Gasteiger partial charge in [0.15, 0.2) is 0 Å². The van der Waals surface area contributed by atoms with E-state index in [4.69, 9.17) is 5.11 Å². The zero-order chi connectivity index (χ0) is 14.6. The van der Waals surface area contributed by atoms with Crippen LogP contribution in [0, 0.1) is 23.0 Å². The number of nitrogens with zero attached hydrogens (tertiary/aromatic N) is 3. The Labute approximate surface area is 110 Å². The van der Waals surface area contributed by atoms with Crippen LogP contribution in [0.4, 0.5) is 11.5 Å². The molecular formula is C11H18N4O4. The number of hydrogen-bond acceptors (Lipinski definition) is 5. The Bertz CT molecular complexity index is 483. The lowest BCUT2D eigenvalue weighted by atomic mass is 10.1. The van der Waals surface area contributed by atoms with E-state index in [-0.39, 0.29) is 18.0 Å². The summed E-state index contributed by atoms with van der Waals surface area (Å²) >= 11 is 0. The van der Waals surface area contributed by atoms with E-state index >= 15 is 0 Å². The van der Waals surface area contributed by atoms with E-state index in [9.17, 15) is 14.9 Å². The molecule has 1 aromatic heterocycles. The molecular weight excluding hydrogens is 252 g/mol. The Morgan fingerprint density at radius 2 is 2.26 bits per heavy atom. The zero-order valence-corrected chi connectivity index (χ0v) is 11.2. The van der Waals surface area contributed by atoms with Crippen LogP contribution in [0.3, 0.4) is 0 Å². The minimum atomic E-state index is -0.839. The van der Waals surface area contributed by atoms with E-state index in [1.807, 2.05) is 6.92 Å². The molecule has 0 saturated heterocycles. The number of carboxylic acids is 1. The van der Waals surface area contributed by atoms with Crippen molar-refractivity contribution in [3.8, 4) is 0 Å². The van der Waals surface area contributed by atoms with Crippen LogP contribution in [-0.2, 0) is 11.8 Å². The number of aliphatic carboxylic acids is 1. The minimum Gasteiger partial charge on any atom is -0.481 e. The molecule has 1 aromatic rings. The predicted octanol–water partition coefficient (Wildman–Crippen LogP) is 1.55. The van der Waals surface area contributed by atoms with E-state index < -0.39 is 10.9 Å². The van der Waals surface area contributed by atoms with Gasteiger partial charge in [0, 0.05) is 20.0 Å². The Morgan fingerprint density at radius 3 is 2.79 bits per heavy atom. The molecule has 0 aliphatic carbocycles. The van der Waals surface area contributed by atoms with Gasteiger partial charge in [-0.25, -0.2) is 4.68 Å². The molecule has 1 atom stereocenters. The minimum absolute atomic E-state index is 0.0343. The number of carbonyl (C=O) groups is 1. The molecule has 0 fully saturated rings. The van der Waals surface area contributed by atoms with Crippen molar-refractivity contribution < 1.29 is 14.8 Å². The molecule has 8 nitrogen and oxygen atoms in total. The first kappa shape index (κ1) is 14.9. The average Bonchev–Trinajstić information content (AvgIpc) is 2.58. The van der Waals surface area contributed by atoms with E-state index in [0.717, 1.165) is 0 Å². The first-order valence-corrected chi connectivity index (χ1v) is 5.96. The molecule has 19 heavy (non-hydrogen) atoms. The Morgan fingerprint density at radius 1 is 1.63 bits per heavy atom. The maximum Gasteiger partial charge on any atom is 0.333 e. The summed E-state index contributed by atoms with van der Waals surface area (Å²) in [6, 6.07) is 0. The number of nitro groups is 1. The summed E-state index contributed by atoms with van der Waals surface area (Å²) in [5.74, 6) is -0.384. The number of hydrogen-bond donors (Lipinski definition) is 2. The highest BCUT2D eigenvalue weighted by molar-refractivity contribution is 5.66. The third kappa shape index (κ3) is 3.94. The van der Waals surface area contributed by atoms with Crippen molar-refractivity contribution in [2.24, 2.45) is 13.0 Å². The van der Waals surface area contributed by atoms with E-state index in [1.165, 1.54) is 4.68 Å². The molecule has 0 spiro atoms. The van der Waals surface area contributed by atoms with Crippen LogP contribution in [0.5, 0.6) is 0 Å². The summed E-state index contributed by atoms with van der Waals surface area (Å²) in [6.07, 6.45) is 0.613. The Balaban J connectivity index is 2.67. The fourth-order valence-electron chi connectivity index (χ4n) is 1.81. The molecule has 8 heteroatoms. The lowest BCUT2D eigenvalue weighted by molar-refractivity contribution is -0.384. The second-order valence-corrected chi connectivity index (χ2v) is 4.58. The second-order valence-electron chi connectivity index (χ2n) is 4.58. The van der Waals surface area contributed by atoms with Crippen LogP contribution in [-0.4, -0.2) is 32.3 Å². The van der Waals surface area contributed by atoms with Gasteiger partial charge in [-0.3, -0.25) is 14.9 Å². The standard InChI is InChI=1S/C11H18N4O4/c1-7(4-5-9(16)17)6-12-11-10(15(18)19)8(2)13-14(11)3/h7,12H,4-6H2,1-3H3,(H,16,17). The van der Waals surface area contributed by atoms with E-state index in [1.54, 1.807) is 14.0 Å². The molecule has 1 unspecified atom stereocenters. The quantitative estimate of drug-likeness (QED) is 0.574. The molecule has 0 radical (unpaired) electrons. The van der Waals surface area contributed by atoms with Crippen LogP contribution >= 0.6 is 0 Å². The molecule has 0 aliphatic heterocycles. The first-order chi connectivity index (χ1) is 8.82. The topological polar surface area (TPSA) is 110 Å². The van der Waals surface area contributed by atoms with Crippen molar-refractivity contribution in [1.29, 1.82) is 0 Å². The van der Waals surface area contributed by atoms with E-state index in [0.29, 0.717) is 24.5 Å². The van der Waals surface area contributed by atoms with Crippen LogP contribution in [0.15, 0.2) is 0 Å². The fraction of sp³-hybridized carbons (Fsp3) is 0.636. The monoisotopic (exact) mass is 270 g/mol. The van der Waals surface area contributed by atoms with E-state index in [2.05, 4.69) is 10.4 Å². The Hall–Kier alpha value is -2.12. The van der Waals surface area contributed by atoms with Crippen LogP contribution in [0.1, 0.15) is 25.5 Å². The summed E-state index contributed by atoms with van der Waals surface area (Å²) in [5.41, 5.74) is 0.320. The average molecular weight is 270 g/mol. The van der Waals surface area contributed by atoms with Crippen molar-refractivity contribution in [2.45, 2.75) is 26.7 Å². The van der Waals surface area contributed by atoms with Crippen molar-refractivity contribution in [3.05, 3.63) is 15.8 Å². The van der Waals surface area contributed by atoms with Gasteiger partial charge >= 0.3 is 11.7 Å². The molecule has 0 saturated carbocycles. The van der Waals surface area contributed by atoms with Gasteiger partial charge in [-0.05, 0) is 19.3 Å². The number of nitrogens with one attached hydrogen (secondary N) is 1. The van der Waals surface area contributed by atoms with Gasteiger partial charge in [-0.1, -0.05) is 6.92 Å². The highest BCUT2D eigenvalue weighted by Gasteiger charge is 2.23. The molecule has 106 valence electrons. The van der Waals surface area contributed by atoms with Gasteiger partial charge in [0.25, 0.3) is 0 Å². The van der Waals surface area contributed by atoms with Crippen molar-refractivity contribution >= 4 is 17.5 Å². The summed E-state index contributed by atoms with van der Waals surface area (Å²) in [5, 5.41) is 26.5. The predicted molar refractivity (Wildman–Crippen MR) is 69.1 cm³/mol. The smallest absolute Gasteiger partial charge is 0.333 e. The van der Waals surface area contributed by atoms with Crippen molar-refractivity contribution in [2.75, 3.05) is 11.9 Å². The van der Waals surface area contributed by atoms with Gasteiger partial charge in [0.05, 0.1) is 4.92 Å². The van der Waals surface area contributed by atoms with Crippen LogP contribution < -0.4 is 5.32 Å². The number of rotatable bonds is 7. The maximum absolute atomic E-state index is 11.0. The summed E-state index contributed by atoms with van der Waals surface area (Å²) in [6.45, 7) is 3.94. The van der Waals surface area contributed by atoms with Gasteiger partial charge in [-0.2, -0.15) is 5.10 Å². The number of carboxylic acid groups (broad SMARTS) is 1. The number of anilines is 1. The lowest BCUT2D eigenvalue weighted by Gasteiger charge is -2.12. The van der Waals surface area contributed by atoms with Crippen LogP contribution in [0.25, 0.3) is 0 Å². The van der Waals surface area contributed by atoms with Crippen molar-refractivity contribution in [3.63, 3.8) is 0 Å². The molecule has 0 aromatic carbocycles. The van der Waals surface area contributed by atoms with Gasteiger partial charge in [0.2, 0.25) is 5.82 Å². The Kier molecular flexibility index (Phi) is 4.85. The zero-order valence-electron chi connectivity index (χ0n) is 11.2. The third-order valence-electron chi connectivity index (χ3n) is 2.84. The summed E-state index contributed by atoms with van der Waals surface area (Å²) in [4.78, 5) is 20.9.